The van der Waals surface area contributed by atoms with Crippen molar-refractivity contribution in [3.05, 3.63) is 82.4 Å². The maximum Gasteiger partial charge on any atom is 0.340 e. The quantitative estimate of drug-likeness (QED) is 0.635. The average Bonchev–Trinajstić information content (AvgIpc) is 2.94. The van der Waals surface area contributed by atoms with Crippen molar-refractivity contribution < 1.29 is 24.5 Å². The van der Waals surface area contributed by atoms with Crippen molar-refractivity contribution in [2.75, 3.05) is 0 Å². The molecule has 3 aromatic rings. The zero-order valence-electron chi connectivity index (χ0n) is 14.5. The number of carbonyl (C=O) groups excluding carboxylic acids is 1. The molecule has 0 radical (unpaired) electrons. The molecule has 2 aliphatic heterocycles. The monoisotopic (exact) mass is 360 g/mol. The van der Waals surface area contributed by atoms with Crippen molar-refractivity contribution in [1.82, 2.24) is 0 Å². The fraction of sp³-hybridized carbons (Fsp3) is 0.136. The molecule has 5 heteroatoms. The summed E-state index contributed by atoms with van der Waals surface area (Å²) in [4.78, 5) is 12.7. The number of aromatic hydroxyl groups is 2. The molecule has 1 spiro atoms. The number of rotatable bonds is 1. The molecule has 2 N–H and O–H groups in total. The van der Waals surface area contributed by atoms with E-state index in [0.29, 0.717) is 34.6 Å². The first kappa shape index (κ1) is 15.8. The largest absolute Gasteiger partial charge is 0.508 e. The molecular formula is C22H16O5. The fourth-order valence-corrected chi connectivity index (χ4v) is 4.16. The molecule has 0 saturated carbocycles. The first-order valence-electron chi connectivity index (χ1n) is 8.75. The highest BCUT2D eigenvalue weighted by molar-refractivity contribution is 5.97. The van der Waals surface area contributed by atoms with Gasteiger partial charge in [-0.05, 0) is 36.2 Å². The van der Waals surface area contributed by atoms with Crippen LogP contribution in [0, 0.1) is 0 Å². The summed E-state index contributed by atoms with van der Waals surface area (Å²) in [5.41, 5.74) is 2.23. The molecule has 2 aliphatic rings. The number of hydrogen-bond donors (Lipinski definition) is 2. The third kappa shape index (κ3) is 1.96. The van der Waals surface area contributed by atoms with Gasteiger partial charge in [0.2, 0.25) is 0 Å². The summed E-state index contributed by atoms with van der Waals surface area (Å²) in [6, 6.07) is 15.2. The van der Waals surface area contributed by atoms with Crippen LogP contribution in [0.4, 0.5) is 0 Å². The van der Waals surface area contributed by atoms with Crippen molar-refractivity contribution in [2.45, 2.75) is 18.9 Å². The molecule has 0 bridgehead atoms. The summed E-state index contributed by atoms with van der Waals surface area (Å²) in [5, 5.41) is 20.1. The van der Waals surface area contributed by atoms with Crippen LogP contribution in [0.2, 0.25) is 0 Å². The summed E-state index contributed by atoms with van der Waals surface area (Å²) in [5.74, 6) is 0.504. The van der Waals surface area contributed by atoms with Crippen molar-refractivity contribution in [3.8, 4) is 23.0 Å². The number of phenolic OH excluding ortho intramolecular Hbond substituents is 2. The highest BCUT2D eigenvalue weighted by Crippen LogP contribution is 2.58. The molecule has 0 fully saturated rings. The van der Waals surface area contributed by atoms with E-state index in [9.17, 15) is 15.0 Å². The van der Waals surface area contributed by atoms with Gasteiger partial charge in [0.1, 0.15) is 23.0 Å². The Kier molecular flexibility index (Phi) is 3.07. The van der Waals surface area contributed by atoms with E-state index in [2.05, 4.69) is 0 Å². The summed E-state index contributed by atoms with van der Waals surface area (Å²) in [7, 11) is 0. The average molecular weight is 360 g/mol. The third-order valence-corrected chi connectivity index (χ3v) is 5.24. The molecule has 5 rings (SSSR count). The van der Waals surface area contributed by atoms with Crippen LogP contribution in [-0.2, 0) is 16.8 Å². The van der Waals surface area contributed by atoms with E-state index >= 15 is 0 Å². The first-order valence-corrected chi connectivity index (χ1v) is 8.75. The van der Waals surface area contributed by atoms with Crippen molar-refractivity contribution in [1.29, 1.82) is 0 Å². The van der Waals surface area contributed by atoms with Gasteiger partial charge in [0.15, 0.2) is 5.60 Å². The minimum atomic E-state index is -1.18. The van der Waals surface area contributed by atoms with Gasteiger partial charge < -0.3 is 19.7 Å². The molecule has 0 aromatic heterocycles. The van der Waals surface area contributed by atoms with Gasteiger partial charge in [-0.1, -0.05) is 25.1 Å². The number of ether oxygens (including phenoxy) is 2. The zero-order chi connectivity index (χ0) is 18.8. The topological polar surface area (TPSA) is 76.0 Å². The molecule has 27 heavy (non-hydrogen) atoms. The van der Waals surface area contributed by atoms with Gasteiger partial charge in [0.05, 0.1) is 11.1 Å². The predicted octanol–water partition coefficient (Wildman–Crippen LogP) is 4.23. The minimum Gasteiger partial charge on any atom is -0.508 e. The van der Waals surface area contributed by atoms with Crippen molar-refractivity contribution >= 4 is 5.97 Å². The van der Waals surface area contributed by atoms with E-state index in [1.54, 1.807) is 30.3 Å². The maximum absolute atomic E-state index is 12.7. The number of aryl methyl sites for hydroxylation is 1. The molecule has 0 saturated heterocycles. The first-order chi connectivity index (χ1) is 13.0. The van der Waals surface area contributed by atoms with Gasteiger partial charge in [-0.3, -0.25) is 0 Å². The van der Waals surface area contributed by atoms with E-state index in [4.69, 9.17) is 9.47 Å². The van der Waals surface area contributed by atoms with E-state index < -0.39 is 11.6 Å². The molecular weight excluding hydrogens is 344 g/mol. The normalized spacial score (nSPS) is 19.1. The SMILES string of the molecule is CCc1cc(O)cc2c1C1(OC(=O)c3ccccc31)c1ccc(O)cc1O2. The van der Waals surface area contributed by atoms with Crippen LogP contribution in [0.25, 0.3) is 0 Å². The number of benzene rings is 3. The number of carbonyl (C=O) groups is 1. The zero-order valence-corrected chi connectivity index (χ0v) is 14.5. The third-order valence-electron chi connectivity index (χ3n) is 5.24. The lowest BCUT2D eigenvalue weighted by atomic mass is 9.75. The maximum atomic E-state index is 12.7. The van der Waals surface area contributed by atoms with Gasteiger partial charge in [0, 0.05) is 23.3 Å². The smallest absolute Gasteiger partial charge is 0.340 e. The van der Waals surface area contributed by atoms with Gasteiger partial charge in [-0.25, -0.2) is 4.79 Å². The Morgan fingerprint density at radius 1 is 0.926 bits per heavy atom. The lowest BCUT2D eigenvalue weighted by Gasteiger charge is -2.38. The van der Waals surface area contributed by atoms with E-state index in [1.807, 2.05) is 19.1 Å². The second kappa shape index (κ2) is 5.27. The summed E-state index contributed by atoms with van der Waals surface area (Å²) < 4.78 is 12.1. The molecule has 3 aromatic carbocycles. The lowest BCUT2D eigenvalue weighted by Crippen LogP contribution is -2.34. The van der Waals surface area contributed by atoms with E-state index in [-0.39, 0.29) is 11.5 Å². The van der Waals surface area contributed by atoms with Crippen LogP contribution < -0.4 is 4.74 Å². The Morgan fingerprint density at radius 3 is 2.52 bits per heavy atom. The van der Waals surface area contributed by atoms with Crippen LogP contribution >= 0.6 is 0 Å². The Hall–Kier alpha value is -3.47. The number of fused-ring (bicyclic) bond motifs is 6. The Labute approximate surface area is 155 Å². The highest BCUT2D eigenvalue weighted by Gasteiger charge is 2.54. The summed E-state index contributed by atoms with van der Waals surface area (Å²) >= 11 is 0. The summed E-state index contributed by atoms with van der Waals surface area (Å²) in [6.45, 7) is 1.97. The molecule has 0 amide bonds. The van der Waals surface area contributed by atoms with E-state index in [0.717, 1.165) is 11.1 Å². The second-order valence-corrected chi connectivity index (χ2v) is 6.73. The lowest BCUT2D eigenvalue weighted by molar-refractivity contribution is 0.0221. The fourth-order valence-electron chi connectivity index (χ4n) is 4.16. The van der Waals surface area contributed by atoms with E-state index in [1.165, 1.54) is 12.1 Å². The molecule has 0 aliphatic carbocycles. The van der Waals surface area contributed by atoms with Crippen molar-refractivity contribution in [2.24, 2.45) is 0 Å². The van der Waals surface area contributed by atoms with Gasteiger partial charge in [0.25, 0.3) is 0 Å². The van der Waals surface area contributed by atoms with Crippen molar-refractivity contribution in [3.63, 3.8) is 0 Å². The van der Waals surface area contributed by atoms with Crippen LogP contribution in [0.5, 0.6) is 23.0 Å². The van der Waals surface area contributed by atoms with Gasteiger partial charge in [-0.2, -0.15) is 0 Å². The van der Waals surface area contributed by atoms with Gasteiger partial charge >= 0.3 is 5.97 Å². The second-order valence-electron chi connectivity index (χ2n) is 6.73. The molecule has 1 atom stereocenters. The highest BCUT2D eigenvalue weighted by atomic mass is 16.6. The van der Waals surface area contributed by atoms with Crippen LogP contribution in [-0.4, -0.2) is 16.2 Å². The molecule has 5 nitrogen and oxygen atoms in total. The Morgan fingerprint density at radius 2 is 1.70 bits per heavy atom. The molecule has 134 valence electrons. The standard InChI is InChI=1S/C22H16O5/c1-2-12-9-14(24)11-19-20(12)22(17-8-7-13(23)10-18(17)26-19)16-6-4-3-5-15(16)21(25)27-22/h3-11,23-24H,2H2,1H3. The van der Waals surface area contributed by atoms with Crippen LogP contribution in [0.3, 0.4) is 0 Å². The van der Waals surface area contributed by atoms with Gasteiger partial charge in [-0.15, -0.1) is 0 Å². The number of esters is 1. The number of hydrogen-bond acceptors (Lipinski definition) is 5. The predicted molar refractivity (Wildman–Crippen MR) is 97.4 cm³/mol. The van der Waals surface area contributed by atoms with Crippen LogP contribution in [0.1, 0.15) is 39.5 Å². The number of phenols is 2. The van der Waals surface area contributed by atoms with Crippen LogP contribution in [0.15, 0.2) is 54.6 Å². The summed E-state index contributed by atoms with van der Waals surface area (Å²) in [6.07, 6.45) is 0.620. The minimum absolute atomic E-state index is 0.0424. The molecule has 2 heterocycles. The molecule has 1 unspecified atom stereocenters. The Balaban J connectivity index is 1.94. The Bertz CT molecular complexity index is 1120.